The summed E-state index contributed by atoms with van der Waals surface area (Å²) in [4.78, 5) is 40.0. The summed E-state index contributed by atoms with van der Waals surface area (Å²) < 4.78 is 0. The molecule has 2 aliphatic rings. The van der Waals surface area contributed by atoms with Crippen LogP contribution in [0.2, 0.25) is 0 Å². The third kappa shape index (κ3) is 4.32. The maximum absolute atomic E-state index is 13.1. The SMILES string of the molecule is Cc1ccc(C)c(N2N=C(C(=O)N3CCN(c4cccc([N+](=O)[O-])c4)CC3)CCC2=O)c1. The molecular weight excluding hydrogens is 410 g/mol. The molecule has 2 heterocycles. The number of carbonyl (C=O) groups excluding carboxylic acids is 2. The number of anilines is 2. The molecule has 9 nitrogen and oxygen atoms in total. The summed E-state index contributed by atoms with van der Waals surface area (Å²) >= 11 is 0. The summed E-state index contributed by atoms with van der Waals surface area (Å²) in [6, 6.07) is 12.3. The number of carbonyl (C=O) groups is 2. The fourth-order valence-electron chi connectivity index (χ4n) is 4.00. The van der Waals surface area contributed by atoms with Gasteiger partial charge in [0.05, 0.1) is 10.6 Å². The minimum Gasteiger partial charge on any atom is -0.368 e. The second-order valence-corrected chi connectivity index (χ2v) is 8.10. The van der Waals surface area contributed by atoms with Crippen molar-refractivity contribution in [2.24, 2.45) is 5.10 Å². The van der Waals surface area contributed by atoms with Gasteiger partial charge in [-0.1, -0.05) is 18.2 Å². The number of hydrogen-bond acceptors (Lipinski definition) is 6. The molecule has 0 saturated carbocycles. The minimum absolute atomic E-state index is 0.0498. The highest BCUT2D eigenvalue weighted by molar-refractivity contribution is 6.40. The van der Waals surface area contributed by atoms with Crippen molar-refractivity contribution < 1.29 is 14.5 Å². The molecule has 32 heavy (non-hydrogen) atoms. The van der Waals surface area contributed by atoms with E-state index in [1.165, 1.54) is 11.1 Å². The molecule has 1 saturated heterocycles. The molecule has 0 bridgehead atoms. The number of nitrogens with zero attached hydrogens (tertiary/aromatic N) is 5. The predicted molar refractivity (Wildman–Crippen MR) is 122 cm³/mol. The van der Waals surface area contributed by atoms with E-state index in [9.17, 15) is 19.7 Å². The number of nitro groups is 1. The molecule has 0 aliphatic carbocycles. The van der Waals surface area contributed by atoms with Crippen LogP contribution in [-0.2, 0) is 9.59 Å². The maximum Gasteiger partial charge on any atom is 0.271 e. The Hall–Kier alpha value is -3.75. The van der Waals surface area contributed by atoms with Gasteiger partial charge >= 0.3 is 0 Å². The zero-order valence-electron chi connectivity index (χ0n) is 18.2. The second-order valence-electron chi connectivity index (χ2n) is 8.10. The molecule has 2 aromatic carbocycles. The van der Waals surface area contributed by atoms with Crippen LogP contribution in [0.1, 0.15) is 24.0 Å². The highest BCUT2D eigenvalue weighted by Crippen LogP contribution is 2.26. The summed E-state index contributed by atoms with van der Waals surface area (Å²) in [6.45, 7) is 5.98. The average Bonchev–Trinajstić information content (AvgIpc) is 2.81. The van der Waals surface area contributed by atoms with Crippen molar-refractivity contribution in [2.75, 3.05) is 36.1 Å². The van der Waals surface area contributed by atoms with Gasteiger partial charge in [-0.15, -0.1) is 0 Å². The van der Waals surface area contributed by atoms with E-state index in [-0.39, 0.29) is 23.9 Å². The molecule has 2 amide bonds. The van der Waals surface area contributed by atoms with Gasteiger partial charge in [0, 0.05) is 56.8 Å². The van der Waals surface area contributed by atoms with Gasteiger partial charge in [-0.3, -0.25) is 19.7 Å². The number of amides is 2. The highest BCUT2D eigenvalue weighted by Gasteiger charge is 2.30. The summed E-state index contributed by atoms with van der Waals surface area (Å²) in [5.74, 6) is -0.280. The standard InChI is InChI=1S/C23H25N5O4/c1-16-6-7-17(2)21(14-16)27-22(29)9-8-20(24-27)23(30)26-12-10-25(11-13-26)18-4-3-5-19(15-18)28(31)32/h3-7,14-15H,8-13H2,1-2H3. The quantitative estimate of drug-likeness (QED) is 0.543. The molecule has 1 fully saturated rings. The van der Waals surface area contributed by atoms with E-state index in [0.717, 1.165) is 16.8 Å². The lowest BCUT2D eigenvalue weighted by Crippen LogP contribution is -2.51. The average molecular weight is 435 g/mol. The van der Waals surface area contributed by atoms with Crippen LogP contribution >= 0.6 is 0 Å². The Morgan fingerprint density at radius 1 is 1.03 bits per heavy atom. The lowest BCUT2D eigenvalue weighted by atomic mass is 10.1. The van der Waals surface area contributed by atoms with E-state index in [1.807, 2.05) is 43.0 Å². The smallest absolute Gasteiger partial charge is 0.271 e. The molecule has 9 heteroatoms. The number of hydrogen-bond donors (Lipinski definition) is 0. The van der Waals surface area contributed by atoms with Crippen molar-refractivity contribution in [1.29, 1.82) is 0 Å². The van der Waals surface area contributed by atoms with Crippen LogP contribution in [0.25, 0.3) is 0 Å². The molecule has 0 radical (unpaired) electrons. The normalized spacial score (nSPS) is 16.8. The van der Waals surface area contributed by atoms with Gasteiger partial charge < -0.3 is 9.80 Å². The van der Waals surface area contributed by atoms with Crippen molar-refractivity contribution in [3.05, 3.63) is 63.7 Å². The fraction of sp³-hybridized carbons (Fsp3) is 0.348. The number of piperazine rings is 1. The number of hydrazone groups is 1. The van der Waals surface area contributed by atoms with Gasteiger partial charge in [-0.2, -0.15) is 5.10 Å². The van der Waals surface area contributed by atoms with Crippen LogP contribution < -0.4 is 9.91 Å². The second kappa shape index (κ2) is 8.78. The molecular formula is C23H25N5O4. The molecule has 0 spiro atoms. The van der Waals surface area contributed by atoms with Gasteiger partial charge in [0.2, 0.25) is 5.91 Å². The summed E-state index contributed by atoms with van der Waals surface area (Å²) in [7, 11) is 0. The first-order chi connectivity index (χ1) is 15.3. The Labute approximate surface area is 186 Å². The number of rotatable bonds is 4. The first-order valence-electron chi connectivity index (χ1n) is 10.6. The van der Waals surface area contributed by atoms with Crippen molar-refractivity contribution in [1.82, 2.24) is 4.90 Å². The van der Waals surface area contributed by atoms with Gasteiger partial charge in [-0.05, 0) is 37.1 Å². The van der Waals surface area contributed by atoms with E-state index >= 15 is 0 Å². The molecule has 2 aliphatic heterocycles. The molecule has 0 unspecified atom stereocenters. The van der Waals surface area contributed by atoms with Gasteiger partial charge in [0.15, 0.2) is 0 Å². The van der Waals surface area contributed by atoms with E-state index in [0.29, 0.717) is 44.0 Å². The van der Waals surface area contributed by atoms with E-state index < -0.39 is 4.92 Å². The van der Waals surface area contributed by atoms with Crippen molar-refractivity contribution in [3.63, 3.8) is 0 Å². The van der Waals surface area contributed by atoms with Crippen molar-refractivity contribution in [2.45, 2.75) is 26.7 Å². The third-order valence-electron chi connectivity index (χ3n) is 5.84. The molecule has 0 aromatic heterocycles. The monoisotopic (exact) mass is 435 g/mol. The highest BCUT2D eigenvalue weighted by atomic mass is 16.6. The molecule has 166 valence electrons. The van der Waals surface area contributed by atoms with Crippen molar-refractivity contribution in [3.8, 4) is 0 Å². The minimum atomic E-state index is -0.409. The van der Waals surface area contributed by atoms with Crippen molar-refractivity contribution >= 4 is 34.6 Å². The number of benzene rings is 2. The third-order valence-corrected chi connectivity index (χ3v) is 5.84. The summed E-state index contributed by atoms with van der Waals surface area (Å²) in [5, 5.41) is 16.8. The van der Waals surface area contributed by atoms with Crippen LogP contribution in [0.5, 0.6) is 0 Å². The lowest BCUT2D eigenvalue weighted by molar-refractivity contribution is -0.384. The van der Waals surface area contributed by atoms with Crippen LogP contribution in [0.15, 0.2) is 47.6 Å². The number of non-ortho nitro benzene ring substituents is 1. The van der Waals surface area contributed by atoms with Gasteiger partial charge in [0.25, 0.3) is 11.6 Å². The molecule has 0 N–H and O–H groups in total. The Kier molecular flexibility index (Phi) is 5.89. The number of nitro benzene ring substituents is 1. The Morgan fingerprint density at radius 3 is 2.50 bits per heavy atom. The van der Waals surface area contributed by atoms with Crippen LogP contribution in [0, 0.1) is 24.0 Å². The largest absolute Gasteiger partial charge is 0.368 e. The predicted octanol–water partition coefficient (Wildman–Crippen LogP) is 3.04. The molecule has 4 rings (SSSR count). The van der Waals surface area contributed by atoms with Crippen LogP contribution in [0.3, 0.4) is 0 Å². The zero-order valence-corrected chi connectivity index (χ0v) is 18.2. The van der Waals surface area contributed by atoms with E-state index in [2.05, 4.69) is 5.10 Å². The Bertz CT molecular complexity index is 1110. The van der Waals surface area contributed by atoms with Gasteiger partial charge in [-0.25, -0.2) is 5.01 Å². The topological polar surface area (TPSA) is 99.4 Å². The summed E-state index contributed by atoms with van der Waals surface area (Å²) in [5.41, 5.74) is 3.85. The fourth-order valence-corrected chi connectivity index (χ4v) is 4.00. The summed E-state index contributed by atoms with van der Waals surface area (Å²) in [6.07, 6.45) is 0.565. The Morgan fingerprint density at radius 2 is 1.78 bits per heavy atom. The zero-order chi connectivity index (χ0) is 22.8. The Balaban J connectivity index is 1.47. The van der Waals surface area contributed by atoms with Gasteiger partial charge in [0.1, 0.15) is 5.71 Å². The first-order valence-corrected chi connectivity index (χ1v) is 10.6. The molecule has 2 aromatic rings. The first kappa shape index (κ1) is 21.5. The molecule has 0 atom stereocenters. The van der Waals surface area contributed by atoms with Crippen LogP contribution in [0.4, 0.5) is 17.1 Å². The van der Waals surface area contributed by atoms with Crippen LogP contribution in [-0.4, -0.2) is 53.5 Å². The lowest BCUT2D eigenvalue weighted by Gasteiger charge is -2.36. The van der Waals surface area contributed by atoms with E-state index in [4.69, 9.17) is 0 Å². The van der Waals surface area contributed by atoms with E-state index in [1.54, 1.807) is 17.0 Å². The number of aryl methyl sites for hydroxylation is 2. The maximum atomic E-state index is 13.1.